The fourth-order valence-corrected chi connectivity index (χ4v) is 0.852. The molecule has 0 aliphatic heterocycles. The van der Waals surface area contributed by atoms with Gasteiger partial charge in [-0.3, -0.25) is 4.99 Å². The molecule has 0 aromatic rings. The molecule has 0 saturated heterocycles. The molecule has 0 atom stereocenters. The SMILES string of the molecule is C=CN=C(C=C)C(/C=C\C)=C\C. The lowest BCUT2D eigenvalue weighted by atomic mass is 10.1. The maximum atomic E-state index is 4.08. The van der Waals surface area contributed by atoms with E-state index in [1.807, 2.05) is 32.1 Å². The Kier molecular flexibility index (Phi) is 5.62. The van der Waals surface area contributed by atoms with E-state index in [0.29, 0.717) is 0 Å². The van der Waals surface area contributed by atoms with Crippen molar-refractivity contribution in [1.82, 2.24) is 0 Å². The Labute approximate surface area is 74.5 Å². The highest BCUT2D eigenvalue weighted by Crippen LogP contribution is 2.02. The van der Waals surface area contributed by atoms with E-state index in [4.69, 9.17) is 0 Å². The Morgan fingerprint density at radius 2 is 1.92 bits per heavy atom. The molecule has 0 saturated carbocycles. The van der Waals surface area contributed by atoms with Crippen LogP contribution in [-0.2, 0) is 0 Å². The predicted molar refractivity (Wildman–Crippen MR) is 56.4 cm³/mol. The van der Waals surface area contributed by atoms with Gasteiger partial charge in [0.2, 0.25) is 0 Å². The summed E-state index contributed by atoms with van der Waals surface area (Å²) >= 11 is 0. The lowest BCUT2D eigenvalue weighted by Gasteiger charge is -1.98. The smallest absolute Gasteiger partial charge is 0.0692 e. The molecule has 0 aliphatic carbocycles. The van der Waals surface area contributed by atoms with Gasteiger partial charge >= 0.3 is 0 Å². The minimum absolute atomic E-state index is 0.852. The monoisotopic (exact) mass is 161 g/mol. The van der Waals surface area contributed by atoms with Crippen LogP contribution in [0.4, 0.5) is 0 Å². The quantitative estimate of drug-likeness (QED) is 0.443. The van der Waals surface area contributed by atoms with Crippen LogP contribution in [0.5, 0.6) is 0 Å². The van der Waals surface area contributed by atoms with Crippen LogP contribution in [0.15, 0.2) is 54.2 Å². The lowest BCUT2D eigenvalue weighted by Crippen LogP contribution is -1.94. The summed E-state index contributed by atoms with van der Waals surface area (Å²) in [5.41, 5.74) is 1.91. The van der Waals surface area contributed by atoms with Crippen molar-refractivity contribution in [2.45, 2.75) is 13.8 Å². The van der Waals surface area contributed by atoms with Gasteiger partial charge in [-0.2, -0.15) is 0 Å². The van der Waals surface area contributed by atoms with Gasteiger partial charge in [0.1, 0.15) is 0 Å². The third-order valence-corrected chi connectivity index (χ3v) is 1.38. The first-order valence-corrected chi connectivity index (χ1v) is 3.90. The molecule has 0 N–H and O–H groups in total. The highest BCUT2D eigenvalue weighted by molar-refractivity contribution is 6.10. The van der Waals surface area contributed by atoms with Crippen molar-refractivity contribution in [2.24, 2.45) is 4.99 Å². The average Bonchev–Trinajstić information content (AvgIpc) is 2.11. The zero-order valence-corrected chi connectivity index (χ0v) is 7.75. The summed E-state index contributed by atoms with van der Waals surface area (Å²) in [4.78, 5) is 4.08. The summed E-state index contributed by atoms with van der Waals surface area (Å²) < 4.78 is 0. The Morgan fingerprint density at radius 3 is 2.25 bits per heavy atom. The molecule has 0 unspecified atom stereocenters. The van der Waals surface area contributed by atoms with E-state index in [2.05, 4.69) is 18.2 Å². The van der Waals surface area contributed by atoms with Gasteiger partial charge in [0.15, 0.2) is 0 Å². The Bertz CT molecular complexity index is 242. The van der Waals surface area contributed by atoms with Crippen LogP contribution in [0.3, 0.4) is 0 Å². The first kappa shape index (κ1) is 10.6. The van der Waals surface area contributed by atoms with E-state index >= 15 is 0 Å². The molecule has 0 bridgehead atoms. The van der Waals surface area contributed by atoms with E-state index in [1.165, 1.54) is 6.20 Å². The number of allylic oxidation sites excluding steroid dienone is 5. The third kappa shape index (κ3) is 3.15. The molecule has 0 radical (unpaired) electrons. The van der Waals surface area contributed by atoms with Crippen molar-refractivity contribution in [3.8, 4) is 0 Å². The van der Waals surface area contributed by atoms with Gasteiger partial charge in [0.25, 0.3) is 0 Å². The average molecular weight is 161 g/mol. The number of hydrogen-bond acceptors (Lipinski definition) is 1. The van der Waals surface area contributed by atoms with Crippen LogP contribution < -0.4 is 0 Å². The molecule has 64 valence electrons. The summed E-state index contributed by atoms with van der Waals surface area (Å²) in [6, 6.07) is 0. The Morgan fingerprint density at radius 1 is 1.25 bits per heavy atom. The minimum Gasteiger partial charge on any atom is -0.257 e. The van der Waals surface area contributed by atoms with Crippen LogP contribution in [0.2, 0.25) is 0 Å². The van der Waals surface area contributed by atoms with Crippen molar-refractivity contribution < 1.29 is 0 Å². The van der Waals surface area contributed by atoms with Crippen LogP contribution in [-0.4, -0.2) is 5.71 Å². The third-order valence-electron chi connectivity index (χ3n) is 1.38. The number of aliphatic imine (C=N–C) groups is 1. The Hall–Kier alpha value is -1.37. The van der Waals surface area contributed by atoms with Gasteiger partial charge in [-0.1, -0.05) is 31.4 Å². The maximum absolute atomic E-state index is 4.08. The highest BCUT2D eigenvalue weighted by atomic mass is 14.7. The van der Waals surface area contributed by atoms with E-state index in [9.17, 15) is 0 Å². The molecule has 0 aliphatic rings. The number of hydrogen-bond donors (Lipinski definition) is 0. The molecule has 1 nitrogen and oxygen atoms in total. The predicted octanol–water partition coefficient (Wildman–Crippen LogP) is 3.28. The van der Waals surface area contributed by atoms with Crippen LogP contribution in [0, 0.1) is 0 Å². The fraction of sp³-hybridized carbons (Fsp3) is 0.182. The van der Waals surface area contributed by atoms with Gasteiger partial charge < -0.3 is 0 Å². The van der Waals surface area contributed by atoms with Gasteiger partial charge in [-0.15, -0.1) is 0 Å². The molecule has 0 spiro atoms. The van der Waals surface area contributed by atoms with E-state index < -0.39 is 0 Å². The van der Waals surface area contributed by atoms with Gasteiger partial charge in [-0.05, 0) is 25.5 Å². The maximum Gasteiger partial charge on any atom is 0.0692 e. The molecule has 12 heavy (non-hydrogen) atoms. The van der Waals surface area contributed by atoms with Crippen molar-refractivity contribution in [2.75, 3.05) is 0 Å². The molecule has 0 heterocycles. The summed E-state index contributed by atoms with van der Waals surface area (Å²) in [7, 11) is 0. The van der Waals surface area contributed by atoms with Gasteiger partial charge in [0.05, 0.1) is 5.71 Å². The number of rotatable bonds is 4. The van der Waals surface area contributed by atoms with Crippen molar-refractivity contribution in [1.29, 1.82) is 0 Å². The zero-order chi connectivity index (χ0) is 9.40. The lowest BCUT2D eigenvalue weighted by molar-refractivity contribution is 1.53. The fourth-order valence-electron chi connectivity index (χ4n) is 0.852. The molecule has 0 aromatic carbocycles. The normalized spacial score (nSPS) is 13.5. The van der Waals surface area contributed by atoms with Crippen LogP contribution in [0.1, 0.15) is 13.8 Å². The van der Waals surface area contributed by atoms with Crippen LogP contribution in [0.25, 0.3) is 0 Å². The standard InChI is InChI=1S/C11H15N/c1-5-9-10(6-2)11(7-3)12-8-4/h5-9H,3-4H2,1-2H3/b9-5-,10-6-,12-11?. The van der Waals surface area contributed by atoms with Crippen molar-refractivity contribution in [3.05, 3.63) is 49.2 Å². The second kappa shape index (κ2) is 6.35. The van der Waals surface area contributed by atoms with Crippen LogP contribution >= 0.6 is 0 Å². The van der Waals surface area contributed by atoms with Gasteiger partial charge in [-0.25, -0.2) is 0 Å². The second-order valence-electron chi connectivity index (χ2n) is 2.15. The van der Waals surface area contributed by atoms with Crippen molar-refractivity contribution >= 4 is 5.71 Å². The highest BCUT2D eigenvalue weighted by Gasteiger charge is 1.95. The first-order valence-electron chi connectivity index (χ1n) is 3.90. The largest absolute Gasteiger partial charge is 0.257 e. The number of nitrogens with zero attached hydrogens (tertiary/aromatic N) is 1. The molecule has 0 amide bonds. The first-order chi connectivity index (χ1) is 5.79. The molecule has 0 aromatic heterocycles. The van der Waals surface area contributed by atoms with Gasteiger partial charge in [0, 0.05) is 6.20 Å². The Balaban J connectivity index is 4.81. The molecule has 1 heteroatoms. The molecular weight excluding hydrogens is 146 g/mol. The zero-order valence-electron chi connectivity index (χ0n) is 7.75. The molecule has 0 fully saturated rings. The van der Waals surface area contributed by atoms with Crippen molar-refractivity contribution in [3.63, 3.8) is 0 Å². The topological polar surface area (TPSA) is 12.4 Å². The summed E-state index contributed by atoms with van der Waals surface area (Å²) in [6.07, 6.45) is 9.19. The molecule has 0 rings (SSSR count). The minimum atomic E-state index is 0.852. The summed E-state index contributed by atoms with van der Waals surface area (Å²) in [5.74, 6) is 0. The van der Waals surface area contributed by atoms with E-state index in [-0.39, 0.29) is 0 Å². The summed E-state index contributed by atoms with van der Waals surface area (Å²) in [6.45, 7) is 11.2. The molecular formula is C11H15N. The van der Waals surface area contributed by atoms with E-state index in [1.54, 1.807) is 6.08 Å². The second-order valence-corrected chi connectivity index (χ2v) is 2.15. The van der Waals surface area contributed by atoms with E-state index in [0.717, 1.165) is 11.3 Å². The summed E-state index contributed by atoms with van der Waals surface area (Å²) in [5, 5.41) is 0.